The maximum atomic E-state index is 11.8. The van der Waals surface area contributed by atoms with Gasteiger partial charge in [0.05, 0.1) is 0 Å². The fourth-order valence-corrected chi connectivity index (χ4v) is 3.46. The fraction of sp³-hybridized carbons (Fsp3) is 0.375. The van der Waals surface area contributed by atoms with E-state index in [0.29, 0.717) is 13.1 Å². The minimum atomic E-state index is -0.128. The summed E-state index contributed by atoms with van der Waals surface area (Å²) >= 11 is 1.85. The largest absolute Gasteiger partial charge is 0.337 e. The van der Waals surface area contributed by atoms with Crippen LogP contribution in [0.4, 0.5) is 4.79 Å². The number of aromatic nitrogens is 1. The van der Waals surface area contributed by atoms with E-state index in [9.17, 15) is 4.79 Å². The first-order valence-corrected chi connectivity index (χ1v) is 8.37. The summed E-state index contributed by atoms with van der Waals surface area (Å²) in [6.07, 6.45) is 4.60. The fourth-order valence-electron chi connectivity index (χ4n) is 2.57. The molecule has 116 valence electrons. The average molecular weight is 316 g/mol. The monoisotopic (exact) mass is 316 g/mol. The lowest BCUT2D eigenvalue weighted by Gasteiger charge is -2.26. The van der Waals surface area contributed by atoms with Gasteiger partial charge in [0.15, 0.2) is 0 Å². The number of thiophene rings is 1. The summed E-state index contributed by atoms with van der Waals surface area (Å²) in [6, 6.07) is 5.89. The molecule has 0 fully saturated rings. The molecule has 0 spiro atoms. The minimum Gasteiger partial charge on any atom is -0.337 e. The molecule has 0 aromatic carbocycles. The molecule has 2 amide bonds. The van der Waals surface area contributed by atoms with Crippen LogP contribution in [0.3, 0.4) is 0 Å². The number of rotatable bonds is 5. The number of carbonyl (C=O) groups is 1. The number of amides is 2. The van der Waals surface area contributed by atoms with E-state index in [1.807, 2.05) is 23.5 Å². The smallest absolute Gasteiger partial charge is 0.315 e. The van der Waals surface area contributed by atoms with Gasteiger partial charge < -0.3 is 10.6 Å². The van der Waals surface area contributed by atoms with Crippen molar-refractivity contribution in [2.45, 2.75) is 19.5 Å². The van der Waals surface area contributed by atoms with Gasteiger partial charge in [-0.05, 0) is 35.1 Å². The highest BCUT2D eigenvalue weighted by atomic mass is 32.1. The Morgan fingerprint density at radius 1 is 1.36 bits per heavy atom. The number of pyridine rings is 1. The lowest BCUT2D eigenvalue weighted by atomic mass is 10.1. The van der Waals surface area contributed by atoms with Crippen molar-refractivity contribution in [1.82, 2.24) is 20.5 Å². The van der Waals surface area contributed by atoms with Crippen LogP contribution < -0.4 is 10.6 Å². The first kappa shape index (κ1) is 15.0. The van der Waals surface area contributed by atoms with E-state index < -0.39 is 0 Å². The number of hydrogen-bond donors (Lipinski definition) is 2. The Labute approximate surface area is 134 Å². The molecule has 0 radical (unpaired) electrons. The second-order valence-corrected chi connectivity index (χ2v) is 6.37. The second kappa shape index (κ2) is 7.38. The molecular weight excluding hydrogens is 296 g/mol. The van der Waals surface area contributed by atoms with E-state index in [4.69, 9.17) is 0 Å². The summed E-state index contributed by atoms with van der Waals surface area (Å²) in [5, 5.41) is 7.91. The zero-order valence-electron chi connectivity index (χ0n) is 12.4. The van der Waals surface area contributed by atoms with Gasteiger partial charge in [-0.15, -0.1) is 11.3 Å². The number of nitrogens with one attached hydrogen (secondary N) is 2. The third-order valence-electron chi connectivity index (χ3n) is 3.78. The Morgan fingerprint density at radius 3 is 3.18 bits per heavy atom. The van der Waals surface area contributed by atoms with Crippen molar-refractivity contribution >= 4 is 17.4 Å². The van der Waals surface area contributed by atoms with Crippen LogP contribution in [0.15, 0.2) is 36.0 Å². The summed E-state index contributed by atoms with van der Waals surface area (Å²) in [7, 11) is 0. The minimum absolute atomic E-state index is 0.128. The number of carbonyl (C=O) groups excluding carboxylic acids is 1. The second-order valence-electron chi connectivity index (χ2n) is 5.37. The first-order chi connectivity index (χ1) is 10.8. The van der Waals surface area contributed by atoms with Crippen LogP contribution >= 0.6 is 11.3 Å². The molecule has 6 heteroatoms. The molecule has 0 bridgehead atoms. The van der Waals surface area contributed by atoms with Crippen molar-refractivity contribution in [3.05, 3.63) is 52.0 Å². The molecule has 2 aromatic rings. The molecule has 22 heavy (non-hydrogen) atoms. The maximum absolute atomic E-state index is 11.8. The topological polar surface area (TPSA) is 57.3 Å². The highest BCUT2D eigenvalue weighted by Gasteiger charge is 2.16. The van der Waals surface area contributed by atoms with Gasteiger partial charge in [0.1, 0.15) is 0 Å². The standard InChI is InChI=1S/C16H20N4OS/c21-16(19-11-13-2-1-5-17-10-13)18-6-8-20-7-3-15-14(12-20)4-9-22-15/h1-2,4-5,9-10H,3,6-8,11-12H2,(H2,18,19,21). The SMILES string of the molecule is O=C(NCCN1CCc2sccc2C1)NCc1cccnc1. The van der Waals surface area contributed by atoms with Gasteiger partial charge >= 0.3 is 6.03 Å². The number of nitrogens with zero attached hydrogens (tertiary/aromatic N) is 2. The predicted molar refractivity (Wildman–Crippen MR) is 87.8 cm³/mol. The molecular formula is C16H20N4OS. The van der Waals surface area contributed by atoms with Crippen LogP contribution in [-0.4, -0.2) is 35.5 Å². The van der Waals surface area contributed by atoms with Crippen molar-refractivity contribution in [3.63, 3.8) is 0 Å². The lowest BCUT2D eigenvalue weighted by molar-refractivity contribution is 0.231. The van der Waals surface area contributed by atoms with Gasteiger partial charge in [-0.2, -0.15) is 0 Å². The average Bonchev–Trinajstić information content (AvgIpc) is 3.02. The van der Waals surface area contributed by atoms with Crippen molar-refractivity contribution < 1.29 is 4.79 Å². The summed E-state index contributed by atoms with van der Waals surface area (Å²) in [5.74, 6) is 0. The zero-order valence-corrected chi connectivity index (χ0v) is 13.2. The van der Waals surface area contributed by atoms with Gasteiger partial charge in [0.25, 0.3) is 0 Å². The highest BCUT2D eigenvalue weighted by Crippen LogP contribution is 2.23. The van der Waals surface area contributed by atoms with Crippen LogP contribution in [0, 0.1) is 0 Å². The van der Waals surface area contributed by atoms with Crippen LogP contribution in [0.1, 0.15) is 16.0 Å². The maximum Gasteiger partial charge on any atom is 0.315 e. The molecule has 2 aromatic heterocycles. The third-order valence-corrected chi connectivity index (χ3v) is 4.80. The van der Waals surface area contributed by atoms with Gasteiger partial charge in [0, 0.05) is 50.0 Å². The van der Waals surface area contributed by atoms with Crippen molar-refractivity contribution in [2.24, 2.45) is 0 Å². The van der Waals surface area contributed by atoms with Gasteiger partial charge in [-0.3, -0.25) is 9.88 Å². The highest BCUT2D eigenvalue weighted by molar-refractivity contribution is 7.10. The molecule has 0 saturated carbocycles. The van der Waals surface area contributed by atoms with Gasteiger partial charge in [-0.25, -0.2) is 4.79 Å². The molecule has 0 saturated heterocycles. The van der Waals surface area contributed by atoms with Gasteiger partial charge in [-0.1, -0.05) is 6.07 Å². The Hall–Kier alpha value is -1.92. The molecule has 0 atom stereocenters. The molecule has 0 unspecified atom stereocenters. The van der Waals surface area contributed by atoms with E-state index in [1.54, 1.807) is 12.4 Å². The van der Waals surface area contributed by atoms with E-state index in [0.717, 1.165) is 31.6 Å². The summed E-state index contributed by atoms with van der Waals surface area (Å²) in [5.41, 5.74) is 2.44. The molecule has 0 aliphatic carbocycles. The van der Waals surface area contributed by atoms with Crippen LogP contribution in [0.2, 0.25) is 0 Å². The Bertz CT molecular complexity index is 614. The first-order valence-electron chi connectivity index (χ1n) is 7.49. The normalized spacial score (nSPS) is 14.4. The molecule has 3 heterocycles. The van der Waals surface area contributed by atoms with Crippen LogP contribution in [0.25, 0.3) is 0 Å². The third kappa shape index (κ3) is 4.05. The summed E-state index contributed by atoms with van der Waals surface area (Å²) in [6.45, 7) is 4.12. The summed E-state index contributed by atoms with van der Waals surface area (Å²) < 4.78 is 0. The van der Waals surface area contributed by atoms with Crippen molar-refractivity contribution in [3.8, 4) is 0 Å². The molecule has 1 aliphatic rings. The molecule has 2 N–H and O–H groups in total. The molecule has 5 nitrogen and oxygen atoms in total. The molecule has 1 aliphatic heterocycles. The van der Waals surface area contributed by atoms with Crippen molar-refractivity contribution in [2.75, 3.05) is 19.6 Å². The Balaban J connectivity index is 1.34. The van der Waals surface area contributed by atoms with Crippen LogP contribution in [-0.2, 0) is 19.5 Å². The number of fused-ring (bicyclic) bond motifs is 1. The Morgan fingerprint density at radius 2 is 2.32 bits per heavy atom. The van der Waals surface area contributed by atoms with E-state index >= 15 is 0 Å². The van der Waals surface area contributed by atoms with E-state index in [-0.39, 0.29) is 6.03 Å². The summed E-state index contributed by atoms with van der Waals surface area (Å²) in [4.78, 5) is 19.7. The van der Waals surface area contributed by atoms with Crippen molar-refractivity contribution in [1.29, 1.82) is 0 Å². The van der Waals surface area contributed by atoms with Gasteiger partial charge in [0.2, 0.25) is 0 Å². The lowest BCUT2D eigenvalue weighted by Crippen LogP contribution is -2.41. The quantitative estimate of drug-likeness (QED) is 0.887. The van der Waals surface area contributed by atoms with Crippen LogP contribution in [0.5, 0.6) is 0 Å². The predicted octanol–water partition coefficient (Wildman–Crippen LogP) is 2.00. The number of hydrogen-bond acceptors (Lipinski definition) is 4. The van der Waals surface area contributed by atoms with E-state index in [2.05, 4.69) is 32.0 Å². The number of urea groups is 1. The Kier molecular flexibility index (Phi) is 5.03. The molecule has 3 rings (SSSR count). The zero-order chi connectivity index (χ0) is 15.2. The van der Waals surface area contributed by atoms with E-state index in [1.165, 1.54) is 10.4 Å².